The summed E-state index contributed by atoms with van der Waals surface area (Å²) in [6.07, 6.45) is 0.999. The Hall–Kier alpha value is -2.20. The van der Waals surface area contributed by atoms with Crippen molar-refractivity contribution in [3.8, 4) is 0 Å². The van der Waals surface area contributed by atoms with Gasteiger partial charge in [-0.2, -0.15) is 4.31 Å². The number of carbonyl (C=O) groups is 1. The van der Waals surface area contributed by atoms with Gasteiger partial charge in [0.2, 0.25) is 15.9 Å². The lowest BCUT2D eigenvalue weighted by atomic mass is 9.98. The van der Waals surface area contributed by atoms with Gasteiger partial charge >= 0.3 is 0 Å². The third-order valence-electron chi connectivity index (χ3n) is 4.62. The van der Waals surface area contributed by atoms with Crippen molar-refractivity contribution >= 4 is 50.5 Å². The molecule has 0 aromatic heterocycles. The molecule has 0 aliphatic carbocycles. The molecule has 0 unspecified atom stereocenters. The number of halogens is 2. The average Bonchev–Trinajstić information content (AvgIpc) is 2.70. The SMILES string of the molecule is O=C(Nc1cc([N+](=O)[O-])ccc1Cl)[C@@H]1CCCN(S(=O)(=O)c2ccc(Cl)cc2)C1. The fraction of sp³-hybridized carbons (Fsp3) is 0.278. The second-order valence-electron chi connectivity index (χ2n) is 6.57. The Morgan fingerprint density at radius 2 is 1.86 bits per heavy atom. The van der Waals surface area contributed by atoms with E-state index in [9.17, 15) is 23.3 Å². The lowest BCUT2D eigenvalue weighted by molar-refractivity contribution is -0.384. The van der Waals surface area contributed by atoms with Gasteiger partial charge in [-0.3, -0.25) is 14.9 Å². The number of sulfonamides is 1. The summed E-state index contributed by atoms with van der Waals surface area (Å²) in [7, 11) is -3.76. The summed E-state index contributed by atoms with van der Waals surface area (Å²) in [4.78, 5) is 23.1. The summed E-state index contributed by atoms with van der Waals surface area (Å²) in [6, 6.07) is 9.56. The maximum Gasteiger partial charge on any atom is 0.271 e. The second-order valence-corrected chi connectivity index (χ2v) is 9.35. The minimum Gasteiger partial charge on any atom is -0.324 e. The number of nitrogens with one attached hydrogen (secondary N) is 1. The number of rotatable bonds is 5. The van der Waals surface area contributed by atoms with Crippen molar-refractivity contribution < 1.29 is 18.1 Å². The highest BCUT2D eigenvalue weighted by Gasteiger charge is 2.33. The van der Waals surface area contributed by atoms with Gasteiger partial charge in [0.25, 0.3) is 5.69 Å². The van der Waals surface area contributed by atoms with Crippen LogP contribution in [0.4, 0.5) is 11.4 Å². The number of nitro groups is 1. The van der Waals surface area contributed by atoms with Crippen LogP contribution in [-0.2, 0) is 14.8 Å². The molecule has 0 bridgehead atoms. The number of nitro benzene ring substituents is 1. The van der Waals surface area contributed by atoms with E-state index in [0.717, 1.165) is 0 Å². The minimum atomic E-state index is -3.76. The van der Waals surface area contributed by atoms with Gasteiger partial charge in [-0.15, -0.1) is 0 Å². The summed E-state index contributed by atoms with van der Waals surface area (Å²) in [6.45, 7) is 0.301. The normalized spacial score (nSPS) is 17.7. The number of carbonyl (C=O) groups excluding carboxylic acids is 1. The van der Waals surface area contributed by atoms with Gasteiger partial charge in [-0.05, 0) is 43.2 Å². The largest absolute Gasteiger partial charge is 0.324 e. The maximum absolute atomic E-state index is 12.9. The molecule has 1 aliphatic rings. The smallest absolute Gasteiger partial charge is 0.271 e. The van der Waals surface area contributed by atoms with Gasteiger partial charge in [-0.25, -0.2) is 8.42 Å². The molecule has 0 radical (unpaired) electrons. The lowest BCUT2D eigenvalue weighted by Crippen LogP contribution is -2.43. The fourth-order valence-electron chi connectivity index (χ4n) is 3.09. The summed E-state index contributed by atoms with van der Waals surface area (Å²) in [5.41, 5.74) is -0.0937. The first kappa shape index (κ1) is 21.5. The van der Waals surface area contributed by atoms with Crippen LogP contribution < -0.4 is 5.32 Å². The number of piperidine rings is 1. The molecule has 11 heteroatoms. The van der Waals surface area contributed by atoms with Crippen LogP contribution in [0.5, 0.6) is 0 Å². The second kappa shape index (κ2) is 8.66. The number of anilines is 1. The van der Waals surface area contributed by atoms with Crippen LogP contribution in [0.15, 0.2) is 47.4 Å². The van der Waals surface area contributed by atoms with E-state index in [1.165, 1.54) is 46.8 Å². The van der Waals surface area contributed by atoms with E-state index in [1.807, 2.05) is 0 Å². The molecule has 0 spiro atoms. The summed E-state index contributed by atoms with van der Waals surface area (Å²) < 4.78 is 27.0. The molecule has 29 heavy (non-hydrogen) atoms. The standard InChI is InChI=1S/C18H17Cl2N3O5S/c19-13-3-6-15(7-4-13)29(27,28)22-9-1-2-12(11-22)18(24)21-17-10-14(23(25)26)5-8-16(17)20/h3-8,10,12H,1-2,9,11H2,(H,21,24)/t12-/m1/s1. The predicted octanol–water partition coefficient (Wildman–Crippen LogP) is 3.94. The summed E-state index contributed by atoms with van der Waals surface area (Å²) in [5.74, 6) is -1.05. The molecule has 2 aromatic rings. The van der Waals surface area contributed by atoms with E-state index in [-0.39, 0.29) is 27.8 Å². The first-order valence-electron chi connectivity index (χ1n) is 8.69. The third-order valence-corrected chi connectivity index (χ3v) is 7.09. The van der Waals surface area contributed by atoms with Gasteiger partial charge in [0.15, 0.2) is 0 Å². The van der Waals surface area contributed by atoms with E-state index < -0.39 is 26.8 Å². The zero-order valence-electron chi connectivity index (χ0n) is 15.0. The zero-order valence-corrected chi connectivity index (χ0v) is 17.4. The van der Waals surface area contributed by atoms with Crippen molar-refractivity contribution in [2.24, 2.45) is 5.92 Å². The average molecular weight is 458 g/mol. The number of hydrogen-bond donors (Lipinski definition) is 1. The van der Waals surface area contributed by atoms with Gasteiger partial charge in [0, 0.05) is 30.2 Å². The van der Waals surface area contributed by atoms with Crippen LogP contribution in [0, 0.1) is 16.0 Å². The molecule has 1 amide bonds. The maximum atomic E-state index is 12.9. The first-order valence-corrected chi connectivity index (χ1v) is 10.9. The highest BCUT2D eigenvalue weighted by Crippen LogP contribution is 2.29. The molecule has 1 atom stereocenters. The highest BCUT2D eigenvalue weighted by molar-refractivity contribution is 7.89. The van der Waals surface area contributed by atoms with Crippen molar-refractivity contribution in [3.05, 3.63) is 62.6 Å². The third kappa shape index (κ3) is 4.87. The molecule has 1 saturated heterocycles. The van der Waals surface area contributed by atoms with Gasteiger partial charge in [-0.1, -0.05) is 23.2 Å². The molecule has 0 saturated carbocycles. The number of amides is 1. The summed E-state index contributed by atoms with van der Waals surface area (Å²) in [5, 5.41) is 14.1. The molecule has 8 nitrogen and oxygen atoms in total. The molecule has 1 fully saturated rings. The van der Waals surface area contributed by atoms with E-state index in [1.54, 1.807) is 0 Å². The minimum absolute atomic E-state index is 0.00331. The van der Waals surface area contributed by atoms with Crippen LogP contribution in [0.25, 0.3) is 0 Å². The molecule has 154 valence electrons. The quantitative estimate of drug-likeness (QED) is 0.539. The van der Waals surface area contributed by atoms with Crippen LogP contribution in [0.1, 0.15) is 12.8 Å². The van der Waals surface area contributed by atoms with Crippen LogP contribution in [0.2, 0.25) is 10.0 Å². The van der Waals surface area contributed by atoms with Crippen molar-refractivity contribution in [2.75, 3.05) is 18.4 Å². The Morgan fingerprint density at radius 3 is 2.52 bits per heavy atom. The number of hydrogen-bond acceptors (Lipinski definition) is 5. The van der Waals surface area contributed by atoms with Crippen molar-refractivity contribution in [2.45, 2.75) is 17.7 Å². The fourth-order valence-corrected chi connectivity index (χ4v) is 4.90. The van der Waals surface area contributed by atoms with Crippen LogP contribution in [-0.4, -0.2) is 36.6 Å². The van der Waals surface area contributed by atoms with E-state index in [4.69, 9.17) is 23.2 Å². The Labute approximate surface area is 177 Å². The monoisotopic (exact) mass is 457 g/mol. The van der Waals surface area contributed by atoms with E-state index in [2.05, 4.69) is 5.32 Å². The Balaban J connectivity index is 1.75. The van der Waals surface area contributed by atoms with Crippen molar-refractivity contribution in [1.82, 2.24) is 4.31 Å². The number of nitrogens with zero attached hydrogens (tertiary/aromatic N) is 2. The number of non-ortho nitro benzene ring substituents is 1. The molecule has 1 N–H and O–H groups in total. The van der Waals surface area contributed by atoms with Gasteiger partial charge < -0.3 is 5.32 Å². The first-order chi connectivity index (χ1) is 13.7. The number of benzene rings is 2. The highest BCUT2D eigenvalue weighted by atomic mass is 35.5. The van der Waals surface area contributed by atoms with Crippen LogP contribution >= 0.6 is 23.2 Å². The van der Waals surface area contributed by atoms with E-state index in [0.29, 0.717) is 24.4 Å². The Morgan fingerprint density at radius 1 is 1.17 bits per heavy atom. The van der Waals surface area contributed by atoms with Gasteiger partial charge in [0.05, 0.1) is 26.4 Å². The predicted molar refractivity (Wildman–Crippen MR) is 110 cm³/mol. The molecule has 1 aliphatic heterocycles. The van der Waals surface area contributed by atoms with Crippen molar-refractivity contribution in [3.63, 3.8) is 0 Å². The molecular weight excluding hydrogens is 441 g/mol. The van der Waals surface area contributed by atoms with Crippen LogP contribution in [0.3, 0.4) is 0 Å². The van der Waals surface area contributed by atoms with Gasteiger partial charge in [0.1, 0.15) is 0 Å². The lowest BCUT2D eigenvalue weighted by Gasteiger charge is -2.31. The molecule has 3 rings (SSSR count). The molecular formula is C18H17Cl2N3O5S. The Kier molecular flexibility index (Phi) is 6.42. The topological polar surface area (TPSA) is 110 Å². The van der Waals surface area contributed by atoms with E-state index >= 15 is 0 Å². The van der Waals surface area contributed by atoms with Crippen molar-refractivity contribution in [1.29, 1.82) is 0 Å². The molecule has 1 heterocycles. The summed E-state index contributed by atoms with van der Waals surface area (Å²) >= 11 is 11.8. The molecule has 2 aromatic carbocycles. The Bertz CT molecular complexity index is 1040. The zero-order chi connectivity index (χ0) is 21.2.